The quantitative estimate of drug-likeness (QED) is 0.759. The molecule has 13 heavy (non-hydrogen) atoms. The first-order valence-corrected chi connectivity index (χ1v) is 4.85. The van der Waals surface area contributed by atoms with Crippen LogP contribution in [-0.2, 0) is 12.8 Å². The Morgan fingerprint density at radius 3 is 3.08 bits per heavy atom. The fourth-order valence-corrected chi connectivity index (χ4v) is 1.89. The van der Waals surface area contributed by atoms with Crippen LogP contribution < -0.4 is 10.5 Å². The topological polar surface area (TPSA) is 35.2 Å². The molecule has 1 aliphatic rings. The average Bonchev–Trinajstić information content (AvgIpc) is 2.62. The second-order valence-corrected chi connectivity index (χ2v) is 3.38. The van der Waals surface area contributed by atoms with Crippen molar-refractivity contribution in [3.63, 3.8) is 0 Å². The third-order valence-electron chi connectivity index (χ3n) is 2.48. The molecule has 0 aliphatic heterocycles. The Hall–Kier alpha value is -1.02. The number of aryl methyl sites for hydroxylation is 1. The molecule has 0 bridgehead atoms. The Morgan fingerprint density at radius 1 is 1.31 bits per heavy atom. The molecule has 0 heterocycles. The van der Waals surface area contributed by atoms with Gasteiger partial charge in [0.05, 0.1) is 0 Å². The first-order valence-electron chi connectivity index (χ1n) is 4.85. The molecule has 2 N–H and O–H groups in total. The standard InChI is InChI=1S/C11H15NO/c12-7-8-13-11-6-2-4-9-3-1-5-10(9)11/h2,4,6H,1,3,5,7-8,12H2. The fourth-order valence-electron chi connectivity index (χ4n) is 1.89. The van der Waals surface area contributed by atoms with E-state index in [1.54, 1.807) is 0 Å². The van der Waals surface area contributed by atoms with Crippen LogP contribution in [0.5, 0.6) is 5.75 Å². The van der Waals surface area contributed by atoms with Gasteiger partial charge in [-0.25, -0.2) is 0 Å². The molecular weight excluding hydrogens is 162 g/mol. The number of hydrogen-bond donors (Lipinski definition) is 1. The largest absolute Gasteiger partial charge is 0.492 e. The molecule has 0 saturated heterocycles. The number of ether oxygens (including phenoxy) is 1. The zero-order valence-corrected chi connectivity index (χ0v) is 7.75. The molecule has 0 aromatic heterocycles. The van der Waals surface area contributed by atoms with Gasteiger partial charge in [0, 0.05) is 6.54 Å². The maximum absolute atomic E-state index is 5.57. The van der Waals surface area contributed by atoms with Crippen molar-refractivity contribution in [1.29, 1.82) is 0 Å². The Kier molecular flexibility index (Phi) is 2.50. The summed E-state index contributed by atoms with van der Waals surface area (Å²) in [6, 6.07) is 6.30. The predicted octanol–water partition coefficient (Wildman–Crippen LogP) is 1.51. The summed E-state index contributed by atoms with van der Waals surface area (Å²) in [5.41, 5.74) is 8.25. The lowest BCUT2D eigenvalue weighted by atomic mass is 10.1. The van der Waals surface area contributed by atoms with Gasteiger partial charge in [0.15, 0.2) is 0 Å². The third-order valence-corrected chi connectivity index (χ3v) is 2.48. The summed E-state index contributed by atoms with van der Waals surface area (Å²) in [7, 11) is 0. The van der Waals surface area contributed by atoms with Crippen molar-refractivity contribution in [3.05, 3.63) is 29.3 Å². The van der Waals surface area contributed by atoms with Gasteiger partial charge in [-0.2, -0.15) is 0 Å². The van der Waals surface area contributed by atoms with E-state index < -0.39 is 0 Å². The Bertz CT molecular complexity index is 296. The van der Waals surface area contributed by atoms with Crippen LogP contribution in [0.15, 0.2) is 18.2 Å². The second kappa shape index (κ2) is 3.79. The highest BCUT2D eigenvalue weighted by atomic mass is 16.5. The van der Waals surface area contributed by atoms with Gasteiger partial charge in [-0.15, -0.1) is 0 Å². The van der Waals surface area contributed by atoms with Crippen molar-refractivity contribution >= 4 is 0 Å². The molecule has 2 heteroatoms. The minimum atomic E-state index is 0.587. The van der Waals surface area contributed by atoms with Gasteiger partial charge >= 0.3 is 0 Å². The van der Waals surface area contributed by atoms with E-state index in [0.29, 0.717) is 13.2 Å². The van der Waals surface area contributed by atoms with Gasteiger partial charge in [-0.05, 0) is 36.5 Å². The molecule has 1 aromatic carbocycles. The van der Waals surface area contributed by atoms with Crippen LogP contribution in [0.1, 0.15) is 17.5 Å². The summed E-state index contributed by atoms with van der Waals surface area (Å²) >= 11 is 0. The van der Waals surface area contributed by atoms with Crippen LogP contribution in [0.3, 0.4) is 0 Å². The summed E-state index contributed by atoms with van der Waals surface area (Å²) in [6.45, 7) is 1.21. The van der Waals surface area contributed by atoms with E-state index >= 15 is 0 Å². The summed E-state index contributed by atoms with van der Waals surface area (Å²) in [5.74, 6) is 1.04. The number of fused-ring (bicyclic) bond motifs is 1. The van der Waals surface area contributed by atoms with Gasteiger partial charge in [0.25, 0.3) is 0 Å². The van der Waals surface area contributed by atoms with Crippen LogP contribution in [0, 0.1) is 0 Å². The smallest absolute Gasteiger partial charge is 0.122 e. The summed E-state index contributed by atoms with van der Waals surface area (Å²) in [6.07, 6.45) is 3.63. The van der Waals surface area contributed by atoms with Gasteiger partial charge in [0.2, 0.25) is 0 Å². The lowest BCUT2D eigenvalue weighted by Gasteiger charge is -2.09. The molecule has 1 aromatic rings. The number of hydrogen-bond acceptors (Lipinski definition) is 2. The van der Waals surface area contributed by atoms with Gasteiger partial charge < -0.3 is 10.5 Å². The predicted molar refractivity (Wildman–Crippen MR) is 53.0 cm³/mol. The van der Waals surface area contributed by atoms with E-state index in [-0.39, 0.29) is 0 Å². The zero-order chi connectivity index (χ0) is 9.10. The Labute approximate surface area is 78.7 Å². The van der Waals surface area contributed by atoms with Crippen molar-refractivity contribution in [3.8, 4) is 5.75 Å². The van der Waals surface area contributed by atoms with Crippen molar-refractivity contribution in [2.45, 2.75) is 19.3 Å². The van der Waals surface area contributed by atoms with Gasteiger partial charge in [-0.1, -0.05) is 12.1 Å². The van der Waals surface area contributed by atoms with Crippen LogP contribution in [-0.4, -0.2) is 13.2 Å². The number of benzene rings is 1. The fraction of sp³-hybridized carbons (Fsp3) is 0.455. The monoisotopic (exact) mass is 177 g/mol. The minimum absolute atomic E-state index is 0.587. The van der Waals surface area contributed by atoms with Gasteiger partial charge in [-0.3, -0.25) is 0 Å². The van der Waals surface area contributed by atoms with E-state index in [1.165, 1.54) is 24.0 Å². The molecule has 1 aliphatic carbocycles. The van der Waals surface area contributed by atoms with E-state index in [9.17, 15) is 0 Å². The molecule has 0 amide bonds. The van der Waals surface area contributed by atoms with Crippen molar-refractivity contribution in [1.82, 2.24) is 0 Å². The van der Waals surface area contributed by atoms with Crippen molar-refractivity contribution in [2.75, 3.05) is 13.2 Å². The summed E-state index contributed by atoms with van der Waals surface area (Å²) in [5, 5.41) is 0. The van der Waals surface area contributed by atoms with Crippen molar-refractivity contribution in [2.24, 2.45) is 5.73 Å². The third kappa shape index (κ3) is 1.68. The van der Waals surface area contributed by atoms with Crippen LogP contribution in [0.2, 0.25) is 0 Å². The molecule has 2 rings (SSSR count). The lowest BCUT2D eigenvalue weighted by Crippen LogP contribution is -2.11. The molecule has 0 spiro atoms. The number of nitrogens with two attached hydrogens (primary N) is 1. The Balaban J connectivity index is 2.20. The van der Waals surface area contributed by atoms with E-state index in [2.05, 4.69) is 12.1 Å². The Morgan fingerprint density at radius 2 is 2.23 bits per heavy atom. The maximum atomic E-state index is 5.57. The molecule has 70 valence electrons. The van der Waals surface area contributed by atoms with E-state index in [0.717, 1.165) is 12.2 Å². The highest BCUT2D eigenvalue weighted by Crippen LogP contribution is 2.30. The van der Waals surface area contributed by atoms with E-state index in [4.69, 9.17) is 10.5 Å². The molecule has 0 radical (unpaired) electrons. The molecule has 2 nitrogen and oxygen atoms in total. The highest BCUT2D eigenvalue weighted by molar-refractivity contribution is 5.42. The summed E-state index contributed by atoms with van der Waals surface area (Å²) in [4.78, 5) is 0. The first-order chi connectivity index (χ1) is 6.42. The molecule has 0 atom stereocenters. The SMILES string of the molecule is NCCOc1cccc2c1CCC2. The lowest BCUT2D eigenvalue weighted by molar-refractivity contribution is 0.325. The molecular formula is C11H15NO. The molecule has 0 fully saturated rings. The van der Waals surface area contributed by atoms with Gasteiger partial charge in [0.1, 0.15) is 12.4 Å². The normalized spacial score (nSPS) is 14.2. The maximum Gasteiger partial charge on any atom is 0.122 e. The first kappa shape index (κ1) is 8.57. The van der Waals surface area contributed by atoms with E-state index in [1.807, 2.05) is 6.07 Å². The average molecular weight is 177 g/mol. The van der Waals surface area contributed by atoms with Crippen LogP contribution in [0.4, 0.5) is 0 Å². The molecule has 0 unspecified atom stereocenters. The second-order valence-electron chi connectivity index (χ2n) is 3.38. The summed E-state index contributed by atoms with van der Waals surface area (Å²) < 4.78 is 5.57. The van der Waals surface area contributed by atoms with Crippen LogP contribution >= 0.6 is 0 Å². The minimum Gasteiger partial charge on any atom is -0.492 e. The highest BCUT2D eigenvalue weighted by Gasteiger charge is 2.14. The van der Waals surface area contributed by atoms with Crippen LogP contribution in [0.25, 0.3) is 0 Å². The van der Waals surface area contributed by atoms with Crippen molar-refractivity contribution < 1.29 is 4.74 Å². The zero-order valence-electron chi connectivity index (χ0n) is 7.75. The number of rotatable bonds is 3. The molecule has 0 saturated carbocycles.